The van der Waals surface area contributed by atoms with Crippen molar-refractivity contribution in [2.75, 3.05) is 30.3 Å². The number of aromatic amines is 1. The Morgan fingerprint density at radius 1 is 1.53 bits per heavy atom. The Kier molecular flexibility index (Phi) is 2.96. The Hall–Kier alpha value is -1.93. The molecule has 0 bridgehead atoms. The largest absolute Gasteiger partial charge is 0.394 e. The monoisotopic (exact) mass is 264 g/mol. The number of morpholine rings is 1. The lowest BCUT2D eigenvalue weighted by Crippen LogP contribution is -2.48. The van der Waals surface area contributed by atoms with Crippen LogP contribution in [0.4, 0.5) is 11.8 Å². The number of nitrogens with zero attached hydrogens (tertiary/aromatic N) is 4. The molecule has 1 fully saturated rings. The molecule has 2 atom stereocenters. The Bertz CT molecular complexity index is 586. The number of anilines is 2. The van der Waals surface area contributed by atoms with Crippen molar-refractivity contribution in [2.45, 2.75) is 19.1 Å². The number of hydrogen-bond acceptors (Lipinski definition) is 7. The van der Waals surface area contributed by atoms with E-state index in [0.29, 0.717) is 24.6 Å². The average molecular weight is 264 g/mol. The summed E-state index contributed by atoms with van der Waals surface area (Å²) in [6.07, 6.45) is 1.35. The number of nitrogens with two attached hydrogens (primary N) is 1. The number of imidazole rings is 1. The molecule has 2 aromatic heterocycles. The normalized spacial score (nSPS) is 24.0. The zero-order chi connectivity index (χ0) is 13.4. The van der Waals surface area contributed by atoms with Crippen LogP contribution in [0.2, 0.25) is 0 Å². The molecule has 2 aromatic rings. The fraction of sp³-hybridized carbons (Fsp3) is 0.545. The fourth-order valence-electron chi connectivity index (χ4n) is 2.38. The van der Waals surface area contributed by atoms with E-state index in [-0.39, 0.29) is 24.8 Å². The highest BCUT2D eigenvalue weighted by Crippen LogP contribution is 2.25. The van der Waals surface area contributed by atoms with Gasteiger partial charge in [0, 0.05) is 13.1 Å². The maximum absolute atomic E-state index is 9.27. The van der Waals surface area contributed by atoms with Crippen LogP contribution in [-0.4, -0.2) is 56.9 Å². The Labute approximate surface area is 109 Å². The number of aromatic nitrogens is 4. The minimum Gasteiger partial charge on any atom is -0.394 e. The van der Waals surface area contributed by atoms with Gasteiger partial charge in [-0.3, -0.25) is 0 Å². The number of ether oxygens (including phenoxy) is 1. The topological polar surface area (TPSA) is 113 Å². The number of hydrogen-bond donors (Lipinski definition) is 3. The van der Waals surface area contributed by atoms with E-state index in [1.807, 2.05) is 11.8 Å². The van der Waals surface area contributed by atoms with E-state index in [4.69, 9.17) is 10.5 Å². The number of nitrogen functional groups attached to an aromatic ring is 1. The molecule has 1 aliphatic rings. The van der Waals surface area contributed by atoms with Gasteiger partial charge in [-0.05, 0) is 6.92 Å². The second-order valence-electron chi connectivity index (χ2n) is 4.66. The van der Waals surface area contributed by atoms with Crippen molar-refractivity contribution < 1.29 is 9.84 Å². The summed E-state index contributed by atoms with van der Waals surface area (Å²) in [6, 6.07) is 0. The molecule has 0 amide bonds. The van der Waals surface area contributed by atoms with E-state index in [0.717, 1.165) is 5.52 Å². The highest BCUT2D eigenvalue weighted by Gasteiger charge is 2.27. The molecule has 8 nitrogen and oxygen atoms in total. The van der Waals surface area contributed by atoms with Crippen molar-refractivity contribution >= 4 is 22.9 Å². The van der Waals surface area contributed by atoms with Crippen molar-refractivity contribution in [3.05, 3.63) is 6.33 Å². The van der Waals surface area contributed by atoms with Crippen LogP contribution >= 0.6 is 0 Å². The standard InChI is InChI=1S/C11H16N6O2/c1-6-2-17(3-7(4-18)19-6)10-8-9(14-5-13-8)15-11(12)16-10/h5-7,18H,2-4H2,1H3,(H3,12,13,14,15,16). The summed E-state index contributed by atoms with van der Waals surface area (Å²) in [7, 11) is 0. The van der Waals surface area contributed by atoms with Gasteiger partial charge in [0.05, 0.1) is 25.1 Å². The molecule has 0 spiro atoms. The van der Waals surface area contributed by atoms with Crippen molar-refractivity contribution in [1.29, 1.82) is 0 Å². The van der Waals surface area contributed by atoms with Gasteiger partial charge in [0.2, 0.25) is 5.95 Å². The number of aliphatic hydroxyl groups excluding tert-OH is 1. The number of H-pyrrole nitrogens is 1. The number of rotatable bonds is 2. The van der Waals surface area contributed by atoms with Gasteiger partial charge >= 0.3 is 0 Å². The molecule has 1 saturated heterocycles. The second-order valence-corrected chi connectivity index (χ2v) is 4.66. The molecule has 4 N–H and O–H groups in total. The first-order chi connectivity index (χ1) is 9.17. The molecular weight excluding hydrogens is 248 g/mol. The highest BCUT2D eigenvalue weighted by atomic mass is 16.5. The van der Waals surface area contributed by atoms with Gasteiger partial charge in [-0.1, -0.05) is 0 Å². The van der Waals surface area contributed by atoms with Crippen LogP contribution in [0, 0.1) is 0 Å². The summed E-state index contributed by atoms with van der Waals surface area (Å²) in [5.41, 5.74) is 7.00. The first-order valence-electron chi connectivity index (χ1n) is 6.15. The summed E-state index contributed by atoms with van der Waals surface area (Å²) in [6.45, 7) is 3.18. The molecule has 0 aromatic carbocycles. The number of fused-ring (bicyclic) bond motifs is 1. The summed E-state index contributed by atoms with van der Waals surface area (Å²) in [5.74, 6) is 0.892. The molecule has 3 heterocycles. The highest BCUT2D eigenvalue weighted by molar-refractivity contribution is 5.84. The molecular formula is C11H16N6O2. The fourth-order valence-corrected chi connectivity index (χ4v) is 2.38. The minimum atomic E-state index is -0.224. The average Bonchev–Trinajstić information content (AvgIpc) is 2.84. The van der Waals surface area contributed by atoms with Crippen LogP contribution in [0.3, 0.4) is 0 Å². The van der Waals surface area contributed by atoms with Gasteiger partial charge in [-0.25, -0.2) is 4.98 Å². The molecule has 1 aliphatic heterocycles. The summed E-state index contributed by atoms with van der Waals surface area (Å²) in [5, 5.41) is 9.27. The third-order valence-corrected chi connectivity index (χ3v) is 3.11. The Morgan fingerprint density at radius 2 is 2.37 bits per heavy atom. The van der Waals surface area contributed by atoms with E-state index in [9.17, 15) is 5.11 Å². The van der Waals surface area contributed by atoms with Gasteiger partial charge < -0.3 is 25.5 Å². The van der Waals surface area contributed by atoms with E-state index in [1.54, 1.807) is 6.33 Å². The predicted octanol–water partition coefficient (Wildman–Crippen LogP) is -0.479. The van der Waals surface area contributed by atoms with Crippen molar-refractivity contribution in [2.24, 2.45) is 0 Å². The van der Waals surface area contributed by atoms with Crippen LogP contribution in [0.25, 0.3) is 11.2 Å². The summed E-state index contributed by atoms with van der Waals surface area (Å²) >= 11 is 0. The smallest absolute Gasteiger partial charge is 0.224 e. The lowest BCUT2D eigenvalue weighted by atomic mass is 10.2. The van der Waals surface area contributed by atoms with Crippen LogP contribution < -0.4 is 10.6 Å². The molecule has 0 radical (unpaired) electrons. The zero-order valence-corrected chi connectivity index (χ0v) is 10.6. The van der Waals surface area contributed by atoms with Gasteiger partial charge in [0.15, 0.2) is 11.5 Å². The lowest BCUT2D eigenvalue weighted by Gasteiger charge is -2.36. The van der Waals surface area contributed by atoms with Crippen molar-refractivity contribution in [3.8, 4) is 0 Å². The molecule has 8 heteroatoms. The molecule has 19 heavy (non-hydrogen) atoms. The molecule has 0 aliphatic carbocycles. The zero-order valence-electron chi connectivity index (χ0n) is 10.6. The quantitative estimate of drug-likeness (QED) is 0.671. The summed E-state index contributed by atoms with van der Waals surface area (Å²) < 4.78 is 5.62. The lowest BCUT2D eigenvalue weighted by molar-refractivity contribution is -0.0422. The van der Waals surface area contributed by atoms with E-state index in [1.165, 1.54) is 0 Å². The van der Waals surface area contributed by atoms with Crippen LogP contribution in [0.15, 0.2) is 6.33 Å². The minimum absolute atomic E-state index is 0.0139. The predicted molar refractivity (Wildman–Crippen MR) is 69.7 cm³/mol. The maximum atomic E-state index is 9.27. The van der Waals surface area contributed by atoms with E-state index >= 15 is 0 Å². The van der Waals surface area contributed by atoms with Crippen molar-refractivity contribution in [1.82, 2.24) is 19.9 Å². The number of aliphatic hydroxyl groups is 1. The first kappa shape index (κ1) is 12.1. The third-order valence-electron chi connectivity index (χ3n) is 3.11. The first-order valence-corrected chi connectivity index (χ1v) is 6.15. The molecule has 0 saturated carbocycles. The number of nitrogens with one attached hydrogen (secondary N) is 1. The maximum Gasteiger partial charge on any atom is 0.224 e. The van der Waals surface area contributed by atoms with Crippen molar-refractivity contribution in [3.63, 3.8) is 0 Å². The summed E-state index contributed by atoms with van der Waals surface area (Å²) in [4.78, 5) is 17.5. The van der Waals surface area contributed by atoms with Gasteiger partial charge in [0.25, 0.3) is 0 Å². The van der Waals surface area contributed by atoms with E-state index < -0.39 is 0 Å². The Balaban J connectivity index is 2.00. The SMILES string of the molecule is CC1CN(c2nc(N)nc3nc[nH]c23)CC(CO)O1. The molecule has 102 valence electrons. The van der Waals surface area contributed by atoms with Crippen LogP contribution in [0.5, 0.6) is 0 Å². The van der Waals surface area contributed by atoms with Gasteiger partial charge in [0.1, 0.15) is 5.52 Å². The Morgan fingerprint density at radius 3 is 3.16 bits per heavy atom. The molecule has 3 rings (SSSR count). The van der Waals surface area contributed by atoms with Gasteiger partial charge in [-0.15, -0.1) is 0 Å². The molecule has 2 unspecified atom stereocenters. The second kappa shape index (κ2) is 4.63. The van der Waals surface area contributed by atoms with E-state index in [2.05, 4.69) is 19.9 Å². The third kappa shape index (κ3) is 2.20. The van der Waals surface area contributed by atoms with Gasteiger partial charge in [-0.2, -0.15) is 9.97 Å². The van der Waals surface area contributed by atoms with Crippen LogP contribution in [0.1, 0.15) is 6.92 Å². The van der Waals surface area contributed by atoms with Crippen LogP contribution in [-0.2, 0) is 4.74 Å².